The zero-order chi connectivity index (χ0) is 33.1. The highest BCUT2D eigenvalue weighted by molar-refractivity contribution is 7.26. The highest BCUT2D eigenvalue weighted by Crippen LogP contribution is 2.56. The molecule has 11 rings (SSSR count). The van der Waals surface area contributed by atoms with E-state index in [4.69, 9.17) is 0 Å². The van der Waals surface area contributed by atoms with Crippen LogP contribution in [0.2, 0.25) is 0 Å². The molecule has 0 radical (unpaired) electrons. The number of hydrogen-bond donors (Lipinski definition) is 0. The second kappa shape index (κ2) is 10.1. The van der Waals surface area contributed by atoms with Crippen LogP contribution in [0, 0.1) is 0 Å². The van der Waals surface area contributed by atoms with Gasteiger partial charge in [0, 0.05) is 31.2 Å². The van der Waals surface area contributed by atoms with Crippen LogP contribution in [0.5, 0.6) is 0 Å². The Morgan fingerprint density at radius 2 is 0.860 bits per heavy atom. The Labute approximate surface area is 294 Å². The van der Waals surface area contributed by atoms with Gasteiger partial charge in [0.25, 0.3) is 0 Å². The van der Waals surface area contributed by atoms with Crippen LogP contribution >= 0.6 is 11.3 Å². The van der Waals surface area contributed by atoms with E-state index in [9.17, 15) is 0 Å². The predicted octanol–water partition coefficient (Wildman–Crippen LogP) is 14.3. The van der Waals surface area contributed by atoms with Gasteiger partial charge in [-0.2, -0.15) is 0 Å². The van der Waals surface area contributed by atoms with E-state index in [1.165, 1.54) is 108 Å². The number of benzene rings is 9. The molecule has 0 spiro atoms. The number of rotatable bonds is 2. The monoisotopic (exact) mass is 652 g/mol. The molecule has 1 aliphatic carbocycles. The minimum atomic E-state index is -0.0468. The summed E-state index contributed by atoms with van der Waals surface area (Å²) in [5.41, 5.74) is 10.8. The summed E-state index contributed by atoms with van der Waals surface area (Å²) in [6.07, 6.45) is 0. The third kappa shape index (κ3) is 3.76. The lowest BCUT2D eigenvalue weighted by molar-refractivity contribution is 0.661. The van der Waals surface area contributed by atoms with E-state index >= 15 is 0 Å². The first-order chi connectivity index (χ1) is 24.6. The smallest absolute Gasteiger partial charge is 0.0437 e. The van der Waals surface area contributed by atoms with E-state index in [0.29, 0.717) is 0 Å². The molecule has 0 atom stereocenters. The van der Waals surface area contributed by atoms with Gasteiger partial charge in [-0.25, -0.2) is 0 Å². The van der Waals surface area contributed by atoms with Crippen molar-refractivity contribution in [2.75, 3.05) is 0 Å². The maximum atomic E-state index is 2.46. The topological polar surface area (TPSA) is 0 Å². The number of fused-ring (bicyclic) bond motifs is 12. The molecule has 9 aromatic carbocycles. The Hall–Kier alpha value is -5.76. The van der Waals surface area contributed by atoms with Crippen molar-refractivity contribution in [1.82, 2.24) is 0 Å². The standard InChI is InChI=1S/C49H32S/c1-49(2)41-25-22-30-12-5-6-14-34(30)46(41)47-42(49)26-24-40-35-23-21-33(28-43(35)50-48(40)47)45-38-17-9-7-15-36(38)44(37-16-8-10-18-39(37)45)32-20-19-29-11-3-4-13-31(29)27-32/h3-28H,1-2H3. The summed E-state index contributed by atoms with van der Waals surface area (Å²) in [6.45, 7) is 4.78. The molecule has 0 unspecified atom stereocenters. The van der Waals surface area contributed by atoms with E-state index in [0.717, 1.165) is 0 Å². The largest absolute Gasteiger partial charge is 0.134 e. The van der Waals surface area contributed by atoms with Gasteiger partial charge in [0.15, 0.2) is 0 Å². The van der Waals surface area contributed by atoms with E-state index in [1.54, 1.807) is 0 Å². The van der Waals surface area contributed by atoms with Gasteiger partial charge in [0.2, 0.25) is 0 Å². The Balaban J connectivity index is 1.18. The SMILES string of the molecule is CC1(C)c2ccc3ccccc3c2-c2c1ccc1c2sc2cc(-c3c4ccccc4c(-c4ccc5ccccc5c4)c4ccccc34)ccc21. The quantitative estimate of drug-likeness (QED) is 0.163. The summed E-state index contributed by atoms with van der Waals surface area (Å²) in [5, 5.41) is 13.0. The average Bonchev–Trinajstić information content (AvgIpc) is 3.65. The molecule has 1 aliphatic rings. The zero-order valence-corrected chi connectivity index (χ0v) is 28.7. The molecule has 1 heteroatoms. The zero-order valence-electron chi connectivity index (χ0n) is 27.9. The van der Waals surface area contributed by atoms with Crippen LogP contribution in [0.3, 0.4) is 0 Å². The molecule has 0 amide bonds. The van der Waals surface area contributed by atoms with E-state index in [-0.39, 0.29) is 5.41 Å². The van der Waals surface area contributed by atoms with E-state index < -0.39 is 0 Å². The Morgan fingerprint density at radius 1 is 0.360 bits per heavy atom. The van der Waals surface area contributed by atoms with Crippen LogP contribution in [-0.2, 0) is 5.41 Å². The minimum Gasteiger partial charge on any atom is -0.134 e. The van der Waals surface area contributed by atoms with Crippen molar-refractivity contribution in [2.24, 2.45) is 0 Å². The fourth-order valence-electron chi connectivity index (χ4n) is 9.07. The second-order valence-corrected chi connectivity index (χ2v) is 15.5. The van der Waals surface area contributed by atoms with Gasteiger partial charge in [-0.3, -0.25) is 0 Å². The fraction of sp³-hybridized carbons (Fsp3) is 0.0612. The number of thiophene rings is 1. The maximum absolute atomic E-state index is 2.46. The second-order valence-electron chi connectivity index (χ2n) is 14.4. The molecule has 0 bridgehead atoms. The van der Waals surface area contributed by atoms with Gasteiger partial charge in [0.1, 0.15) is 0 Å². The third-order valence-electron chi connectivity index (χ3n) is 11.4. The van der Waals surface area contributed by atoms with Crippen molar-refractivity contribution < 1.29 is 0 Å². The fourth-order valence-corrected chi connectivity index (χ4v) is 10.4. The Morgan fingerprint density at radius 3 is 1.56 bits per heavy atom. The summed E-state index contributed by atoms with van der Waals surface area (Å²) in [7, 11) is 0. The van der Waals surface area contributed by atoms with Crippen LogP contribution in [0.1, 0.15) is 25.0 Å². The van der Waals surface area contributed by atoms with Gasteiger partial charge in [-0.1, -0.05) is 159 Å². The van der Waals surface area contributed by atoms with Crippen LogP contribution < -0.4 is 0 Å². The summed E-state index contributed by atoms with van der Waals surface area (Å²) in [6, 6.07) is 59.1. The molecule has 0 saturated carbocycles. The van der Waals surface area contributed by atoms with Crippen molar-refractivity contribution in [3.63, 3.8) is 0 Å². The molecule has 0 nitrogen and oxygen atoms in total. The van der Waals surface area contributed by atoms with Crippen molar-refractivity contribution >= 4 is 74.6 Å². The lowest BCUT2D eigenvalue weighted by atomic mass is 9.82. The normalized spacial score (nSPS) is 13.6. The first-order valence-corrected chi connectivity index (χ1v) is 18.3. The third-order valence-corrected chi connectivity index (χ3v) is 12.6. The molecule has 1 heterocycles. The van der Waals surface area contributed by atoms with Crippen LogP contribution in [0.4, 0.5) is 0 Å². The van der Waals surface area contributed by atoms with Crippen molar-refractivity contribution in [3.8, 4) is 33.4 Å². The van der Waals surface area contributed by atoms with Gasteiger partial charge in [0.05, 0.1) is 0 Å². The minimum absolute atomic E-state index is 0.0468. The molecule has 10 aromatic rings. The molecule has 0 N–H and O–H groups in total. The van der Waals surface area contributed by atoms with Crippen LogP contribution in [-0.4, -0.2) is 0 Å². The van der Waals surface area contributed by atoms with Gasteiger partial charge < -0.3 is 0 Å². The highest BCUT2D eigenvalue weighted by Gasteiger charge is 2.38. The summed E-state index contributed by atoms with van der Waals surface area (Å²) >= 11 is 1.96. The predicted molar refractivity (Wildman–Crippen MR) is 218 cm³/mol. The highest BCUT2D eigenvalue weighted by atomic mass is 32.1. The lowest BCUT2D eigenvalue weighted by Gasteiger charge is -2.21. The van der Waals surface area contributed by atoms with Crippen molar-refractivity contribution in [3.05, 3.63) is 169 Å². The molecule has 1 aromatic heterocycles. The van der Waals surface area contributed by atoms with Crippen LogP contribution in [0.25, 0.3) is 96.6 Å². The van der Waals surface area contributed by atoms with E-state index in [2.05, 4.69) is 172 Å². The molecule has 234 valence electrons. The summed E-state index contributed by atoms with van der Waals surface area (Å²) in [5.74, 6) is 0. The molecule has 0 saturated heterocycles. The van der Waals surface area contributed by atoms with Crippen molar-refractivity contribution in [2.45, 2.75) is 19.3 Å². The first kappa shape index (κ1) is 28.1. The van der Waals surface area contributed by atoms with Gasteiger partial charge >= 0.3 is 0 Å². The Kier molecular flexibility index (Phi) is 5.70. The average molecular weight is 653 g/mol. The van der Waals surface area contributed by atoms with Gasteiger partial charge in [-0.15, -0.1) is 11.3 Å². The van der Waals surface area contributed by atoms with E-state index in [1.807, 2.05) is 11.3 Å². The first-order valence-electron chi connectivity index (χ1n) is 17.5. The molecule has 0 aliphatic heterocycles. The molecule has 0 fully saturated rings. The Bertz CT molecular complexity index is 3010. The van der Waals surface area contributed by atoms with Gasteiger partial charge in [-0.05, 0) is 94.2 Å². The van der Waals surface area contributed by atoms with Crippen LogP contribution in [0.15, 0.2) is 158 Å². The van der Waals surface area contributed by atoms with Crippen molar-refractivity contribution in [1.29, 1.82) is 0 Å². The number of hydrogen-bond acceptors (Lipinski definition) is 1. The molecular formula is C49H32S. The maximum Gasteiger partial charge on any atom is 0.0437 e. The summed E-state index contributed by atoms with van der Waals surface area (Å²) in [4.78, 5) is 0. The summed E-state index contributed by atoms with van der Waals surface area (Å²) < 4.78 is 2.74. The lowest BCUT2D eigenvalue weighted by Crippen LogP contribution is -2.14. The molecular weight excluding hydrogens is 621 g/mol. The molecule has 50 heavy (non-hydrogen) atoms.